The zero-order valence-electron chi connectivity index (χ0n) is 15.4. The van der Waals surface area contributed by atoms with Gasteiger partial charge in [-0.15, -0.1) is 0 Å². The fraction of sp³-hybridized carbons (Fsp3) is 0.611. The van der Waals surface area contributed by atoms with Crippen molar-refractivity contribution in [2.45, 2.75) is 27.7 Å². The lowest BCUT2D eigenvalue weighted by Crippen LogP contribution is -2.56. The number of rotatable bonds is 5. The van der Waals surface area contributed by atoms with Crippen LogP contribution in [0.4, 0.5) is 0 Å². The molecule has 2 rings (SSSR count). The second-order valence-corrected chi connectivity index (χ2v) is 7.29. The predicted molar refractivity (Wildman–Crippen MR) is 92.8 cm³/mol. The number of hydrogen-bond donors (Lipinski definition) is 1. The summed E-state index contributed by atoms with van der Waals surface area (Å²) in [7, 11) is 0. The van der Waals surface area contributed by atoms with Gasteiger partial charge in [0.25, 0.3) is 5.91 Å². The number of carbonyl (C=O) groups is 3. The van der Waals surface area contributed by atoms with Gasteiger partial charge in [-0.3, -0.25) is 14.4 Å². The van der Waals surface area contributed by atoms with Crippen LogP contribution in [0.25, 0.3) is 0 Å². The summed E-state index contributed by atoms with van der Waals surface area (Å²) in [6.07, 6.45) is 1.46. The van der Waals surface area contributed by atoms with Gasteiger partial charge >= 0.3 is 0 Å². The molecule has 0 spiro atoms. The van der Waals surface area contributed by atoms with E-state index in [-0.39, 0.29) is 17.7 Å². The Kier molecular flexibility index (Phi) is 5.87. The lowest BCUT2D eigenvalue weighted by molar-refractivity contribution is -0.149. The lowest BCUT2D eigenvalue weighted by atomic mass is 9.89. The third kappa shape index (κ3) is 4.41. The molecule has 0 aliphatic carbocycles. The Labute approximate surface area is 148 Å². The summed E-state index contributed by atoms with van der Waals surface area (Å²) in [6, 6.07) is 3.30. The molecular weight excluding hydrogens is 322 g/mol. The van der Waals surface area contributed by atoms with Gasteiger partial charge in [-0.1, -0.05) is 13.8 Å². The maximum Gasteiger partial charge on any atom is 0.289 e. The second-order valence-electron chi connectivity index (χ2n) is 7.29. The second kappa shape index (κ2) is 7.72. The Balaban J connectivity index is 1.91. The van der Waals surface area contributed by atoms with E-state index in [0.29, 0.717) is 44.4 Å². The molecule has 1 aliphatic heterocycles. The molecule has 138 valence electrons. The van der Waals surface area contributed by atoms with Crippen molar-refractivity contribution in [2.75, 3.05) is 32.7 Å². The summed E-state index contributed by atoms with van der Waals surface area (Å²) >= 11 is 0. The third-order valence-electron chi connectivity index (χ3n) is 4.36. The quantitative estimate of drug-likeness (QED) is 0.814. The highest BCUT2D eigenvalue weighted by molar-refractivity contribution is 6.04. The number of hydrogen-bond acceptors (Lipinski definition) is 4. The molecule has 0 bridgehead atoms. The first-order valence-corrected chi connectivity index (χ1v) is 8.64. The Morgan fingerprint density at radius 3 is 2.28 bits per heavy atom. The van der Waals surface area contributed by atoms with Gasteiger partial charge in [0.15, 0.2) is 5.76 Å². The van der Waals surface area contributed by atoms with Crippen LogP contribution in [0.2, 0.25) is 0 Å². The third-order valence-corrected chi connectivity index (χ3v) is 4.36. The summed E-state index contributed by atoms with van der Waals surface area (Å²) in [5, 5.41) is 2.82. The molecule has 25 heavy (non-hydrogen) atoms. The zero-order valence-corrected chi connectivity index (χ0v) is 15.4. The Morgan fingerprint density at radius 2 is 1.76 bits per heavy atom. The molecule has 1 aliphatic rings. The van der Waals surface area contributed by atoms with Crippen LogP contribution in [-0.4, -0.2) is 60.2 Å². The summed E-state index contributed by atoms with van der Waals surface area (Å²) in [6.45, 7) is 9.51. The van der Waals surface area contributed by atoms with Gasteiger partial charge in [-0.05, 0) is 31.9 Å². The number of carbonyl (C=O) groups excluding carboxylic acids is 3. The van der Waals surface area contributed by atoms with Crippen molar-refractivity contribution < 1.29 is 18.8 Å². The number of nitrogens with zero attached hydrogens (tertiary/aromatic N) is 2. The highest BCUT2D eigenvalue weighted by Gasteiger charge is 2.40. The molecule has 1 N–H and O–H groups in total. The minimum absolute atomic E-state index is 0.175. The summed E-state index contributed by atoms with van der Waals surface area (Å²) in [4.78, 5) is 40.7. The first-order chi connectivity index (χ1) is 11.7. The average Bonchev–Trinajstić information content (AvgIpc) is 3.12. The smallest absolute Gasteiger partial charge is 0.289 e. The largest absolute Gasteiger partial charge is 0.459 e. The number of nitrogens with one attached hydrogen (secondary N) is 1. The van der Waals surface area contributed by atoms with Crippen LogP contribution in [0.15, 0.2) is 22.8 Å². The molecule has 2 heterocycles. The summed E-state index contributed by atoms with van der Waals surface area (Å²) in [5.41, 5.74) is -1.12. The fourth-order valence-corrected chi connectivity index (χ4v) is 2.68. The van der Waals surface area contributed by atoms with Gasteiger partial charge in [0, 0.05) is 32.7 Å². The van der Waals surface area contributed by atoms with Crippen LogP contribution in [0.3, 0.4) is 0 Å². The minimum atomic E-state index is -1.12. The topological polar surface area (TPSA) is 82.9 Å². The standard InChI is InChI=1S/C18H27N3O4/c1-13(2)12-19-16(23)18(3,4)17(24)21-9-7-20(8-10-21)15(22)14-6-5-11-25-14/h5-6,11,13H,7-10,12H2,1-4H3,(H,19,23). The van der Waals surface area contributed by atoms with E-state index in [1.54, 1.807) is 35.8 Å². The van der Waals surface area contributed by atoms with Crippen molar-refractivity contribution >= 4 is 17.7 Å². The van der Waals surface area contributed by atoms with Gasteiger partial charge in [-0.2, -0.15) is 0 Å². The molecule has 0 aromatic carbocycles. The maximum atomic E-state index is 12.8. The molecule has 0 unspecified atom stereocenters. The normalized spacial score (nSPS) is 15.4. The van der Waals surface area contributed by atoms with Crippen LogP contribution < -0.4 is 5.32 Å². The van der Waals surface area contributed by atoms with Gasteiger partial charge in [0.1, 0.15) is 5.41 Å². The van der Waals surface area contributed by atoms with E-state index in [1.165, 1.54) is 6.26 Å². The molecule has 0 saturated carbocycles. The first kappa shape index (κ1) is 19.0. The van der Waals surface area contributed by atoms with Crippen molar-refractivity contribution in [1.82, 2.24) is 15.1 Å². The Morgan fingerprint density at radius 1 is 1.16 bits per heavy atom. The molecule has 1 aromatic heterocycles. The number of piperazine rings is 1. The van der Waals surface area contributed by atoms with Crippen LogP contribution in [0, 0.1) is 11.3 Å². The zero-order chi connectivity index (χ0) is 18.6. The number of amides is 3. The monoisotopic (exact) mass is 349 g/mol. The van der Waals surface area contributed by atoms with Gasteiger partial charge in [0.05, 0.1) is 6.26 Å². The number of furan rings is 1. The lowest BCUT2D eigenvalue weighted by Gasteiger charge is -2.37. The summed E-state index contributed by atoms with van der Waals surface area (Å²) in [5.74, 6) is -0.0237. The van der Waals surface area contributed by atoms with Crippen molar-refractivity contribution in [3.05, 3.63) is 24.2 Å². The van der Waals surface area contributed by atoms with E-state index in [1.807, 2.05) is 13.8 Å². The van der Waals surface area contributed by atoms with Crippen molar-refractivity contribution in [1.29, 1.82) is 0 Å². The molecule has 1 aromatic rings. The molecule has 7 nitrogen and oxygen atoms in total. The van der Waals surface area contributed by atoms with Crippen LogP contribution in [0.1, 0.15) is 38.2 Å². The van der Waals surface area contributed by atoms with Crippen molar-refractivity contribution in [3.63, 3.8) is 0 Å². The van der Waals surface area contributed by atoms with Gasteiger partial charge in [-0.25, -0.2) is 0 Å². The van der Waals surface area contributed by atoms with Gasteiger partial charge in [0.2, 0.25) is 11.8 Å². The average molecular weight is 349 g/mol. The fourth-order valence-electron chi connectivity index (χ4n) is 2.68. The molecular formula is C18H27N3O4. The predicted octanol–water partition coefficient (Wildman–Crippen LogP) is 1.36. The van der Waals surface area contributed by atoms with Crippen LogP contribution >= 0.6 is 0 Å². The minimum Gasteiger partial charge on any atom is -0.459 e. The van der Waals surface area contributed by atoms with E-state index in [9.17, 15) is 14.4 Å². The van der Waals surface area contributed by atoms with E-state index in [4.69, 9.17) is 4.42 Å². The highest BCUT2D eigenvalue weighted by Crippen LogP contribution is 2.21. The molecule has 1 fully saturated rings. The van der Waals surface area contributed by atoms with Crippen LogP contribution in [-0.2, 0) is 9.59 Å². The highest BCUT2D eigenvalue weighted by atomic mass is 16.3. The van der Waals surface area contributed by atoms with E-state index in [0.717, 1.165) is 0 Å². The van der Waals surface area contributed by atoms with Gasteiger partial charge < -0.3 is 19.5 Å². The maximum absolute atomic E-state index is 12.8. The van der Waals surface area contributed by atoms with Crippen molar-refractivity contribution in [3.8, 4) is 0 Å². The van der Waals surface area contributed by atoms with E-state index in [2.05, 4.69) is 5.32 Å². The Bertz CT molecular complexity index is 614. The van der Waals surface area contributed by atoms with E-state index >= 15 is 0 Å². The molecule has 7 heteroatoms. The Hall–Kier alpha value is -2.31. The van der Waals surface area contributed by atoms with Crippen LogP contribution in [0.5, 0.6) is 0 Å². The SMILES string of the molecule is CC(C)CNC(=O)C(C)(C)C(=O)N1CCN(C(=O)c2ccco2)CC1. The summed E-state index contributed by atoms with van der Waals surface area (Å²) < 4.78 is 5.13. The molecule has 3 amide bonds. The first-order valence-electron chi connectivity index (χ1n) is 8.64. The van der Waals surface area contributed by atoms with Crippen molar-refractivity contribution in [2.24, 2.45) is 11.3 Å². The van der Waals surface area contributed by atoms with E-state index < -0.39 is 5.41 Å². The molecule has 0 atom stereocenters. The molecule has 1 saturated heterocycles. The molecule has 0 radical (unpaired) electrons.